The maximum atomic E-state index is 14.4. The van der Waals surface area contributed by atoms with E-state index in [1.807, 2.05) is 19.9 Å². The predicted octanol–water partition coefficient (Wildman–Crippen LogP) is 9.21. The van der Waals surface area contributed by atoms with Crippen LogP contribution < -0.4 is 0 Å². The molecule has 2 heteroatoms. The van der Waals surface area contributed by atoms with Gasteiger partial charge in [0.25, 0.3) is 0 Å². The van der Waals surface area contributed by atoms with Gasteiger partial charge in [-0.2, -0.15) is 0 Å². The highest BCUT2D eigenvalue weighted by Crippen LogP contribution is 2.50. The molecule has 6 rings (SSSR count). The molecule has 0 saturated heterocycles. The number of hydrogen-bond acceptors (Lipinski definition) is 2. The summed E-state index contributed by atoms with van der Waals surface area (Å²) >= 11 is 0. The largest absolute Gasteiger partial charge is 0.294 e. The Morgan fingerprint density at radius 2 is 1.62 bits per heavy atom. The lowest BCUT2D eigenvalue weighted by Crippen LogP contribution is -2.34. The lowest BCUT2D eigenvalue weighted by atomic mass is 9.68. The third-order valence-corrected chi connectivity index (χ3v) is 9.23. The van der Waals surface area contributed by atoms with Gasteiger partial charge in [-0.1, -0.05) is 106 Å². The van der Waals surface area contributed by atoms with E-state index in [0.717, 1.165) is 73.6 Å². The molecule has 0 heterocycles. The number of benzene rings is 2. The van der Waals surface area contributed by atoms with Crippen LogP contribution in [0.1, 0.15) is 95.8 Å². The number of Topliss-reactive ketones (excluding diaryl/α,β-unsaturated/α-hetero) is 2. The first-order valence-electron chi connectivity index (χ1n) is 15.4. The minimum Gasteiger partial charge on any atom is -0.294 e. The Kier molecular flexibility index (Phi) is 8.50. The van der Waals surface area contributed by atoms with Crippen molar-refractivity contribution >= 4 is 23.2 Å². The van der Waals surface area contributed by atoms with Gasteiger partial charge in [-0.25, -0.2) is 0 Å². The second kappa shape index (κ2) is 12.0. The molecule has 0 amide bonds. The monoisotopic (exact) mass is 520 g/mol. The minimum absolute atomic E-state index is 0.0252. The standard InChI is InChI=1S/C35H38O2.C2H6/c1-3-9-27(18-23-10-5-4-6-11-23)33-34(31(36)21-26-14-15-30(26)35(33)37)32-28-17-22(2)16-24(20-28)19-25-12-7-8-13-29(25)32;1-2/h4-8,10-13,19,22,26-27,30H,3,9,14-18,20-21H2,1-2H3;1-2H3/t22-,26-,27?,30?;/m1./s1. The number of hydrogen-bond donors (Lipinski definition) is 0. The normalized spacial score (nSPS) is 24.8. The lowest BCUT2D eigenvalue weighted by molar-refractivity contribution is -0.125. The fraction of sp³-hybridized carbons (Fsp3) is 0.459. The van der Waals surface area contributed by atoms with Crippen LogP contribution in [0, 0.1) is 23.7 Å². The Labute approximate surface area is 235 Å². The number of carbonyl (C=O) groups is 2. The molecule has 0 aromatic heterocycles. The van der Waals surface area contributed by atoms with E-state index in [-0.39, 0.29) is 29.3 Å². The van der Waals surface area contributed by atoms with Crippen LogP contribution in [0.5, 0.6) is 0 Å². The van der Waals surface area contributed by atoms with E-state index in [0.29, 0.717) is 12.3 Å². The van der Waals surface area contributed by atoms with Crippen molar-refractivity contribution in [3.8, 4) is 0 Å². The Hall–Kier alpha value is -3.00. The van der Waals surface area contributed by atoms with Crippen molar-refractivity contribution in [2.75, 3.05) is 0 Å². The second-order valence-electron chi connectivity index (χ2n) is 12.0. The summed E-state index contributed by atoms with van der Waals surface area (Å²) in [4.78, 5) is 28.7. The Morgan fingerprint density at radius 3 is 2.33 bits per heavy atom. The second-order valence-corrected chi connectivity index (χ2v) is 12.0. The van der Waals surface area contributed by atoms with Gasteiger partial charge in [0.2, 0.25) is 0 Å². The van der Waals surface area contributed by atoms with Gasteiger partial charge in [-0.05, 0) is 85.0 Å². The lowest BCUT2D eigenvalue weighted by Gasteiger charge is -2.34. The fourth-order valence-electron chi connectivity index (χ4n) is 7.48. The topological polar surface area (TPSA) is 34.1 Å². The number of fused-ring (bicyclic) bond motifs is 4. The van der Waals surface area contributed by atoms with Crippen molar-refractivity contribution in [1.29, 1.82) is 0 Å². The van der Waals surface area contributed by atoms with Crippen molar-refractivity contribution in [3.63, 3.8) is 0 Å². The first-order chi connectivity index (χ1) is 19.0. The van der Waals surface area contributed by atoms with Crippen LogP contribution in [-0.4, -0.2) is 11.6 Å². The number of rotatable bonds is 6. The zero-order valence-corrected chi connectivity index (χ0v) is 24.3. The highest BCUT2D eigenvalue weighted by atomic mass is 16.1. The first kappa shape index (κ1) is 27.6. The molecule has 2 aromatic rings. The van der Waals surface area contributed by atoms with Crippen LogP contribution in [0.15, 0.2) is 76.9 Å². The summed E-state index contributed by atoms with van der Waals surface area (Å²) in [5.41, 5.74) is 9.19. The molecule has 0 radical (unpaired) electrons. The van der Waals surface area contributed by atoms with Crippen LogP contribution in [0.4, 0.5) is 0 Å². The molecule has 4 atom stereocenters. The summed E-state index contributed by atoms with van der Waals surface area (Å²) in [5.74, 6) is 1.35. The van der Waals surface area contributed by atoms with E-state index in [1.54, 1.807) is 0 Å². The molecule has 2 saturated carbocycles. The number of ketones is 2. The SMILES string of the molecule is CC.CCCC(Cc1ccccc1)C1=C(C2=C3CC(=Cc4ccccc42)C[C@@H](C)C3)C(=O)C[C@H]2CCC2C1=O. The van der Waals surface area contributed by atoms with Crippen molar-refractivity contribution in [1.82, 2.24) is 0 Å². The number of carbonyl (C=O) groups excluding carboxylic acids is 2. The van der Waals surface area contributed by atoms with Crippen molar-refractivity contribution < 1.29 is 9.59 Å². The van der Waals surface area contributed by atoms with E-state index in [1.165, 1.54) is 22.3 Å². The molecule has 4 aliphatic carbocycles. The van der Waals surface area contributed by atoms with Crippen molar-refractivity contribution in [3.05, 3.63) is 93.6 Å². The van der Waals surface area contributed by atoms with E-state index in [4.69, 9.17) is 0 Å². The van der Waals surface area contributed by atoms with Gasteiger partial charge < -0.3 is 0 Å². The minimum atomic E-state index is 0.0252. The third kappa shape index (κ3) is 5.40. The summed E-state index contributed by atoms with van der Waals surface area (Å²) < 4.78 is 0. The summed E-state index contributed by atoms with van der Waals surface area (Å²) in [5, 5.41) is 0. The van der Waals surface area contributed by atoms with Gasteiger partial charge in [0.15, 0.2) is 11.6 Å². The van der Waals surface area contributed by atoms with Gasteiger partial charge in [-0.15, -0.1) is 0 Å². The van der Waals surface area contributed by atoms with E-state index < -0.39 is 0 Å². The maximum Gasteiger partial charge on any atom is 0.164 e. The Bertz CT molecular complexity index is 1320. The molecular formula is C37H44O2. The van der Waals surface area contributed by atoms with Gasteiger partial charge in [0, 0.05) is 23.5 Å². The maximum absolute atomic E-state index is 14.4. The van der Waals surface area contributed by atoms with Crippen LogP contribution in [-0.2, 0) is 16.0 Å². The van der Waals surface area contributed by atoms with Crippen molar-refractivity contribution in [2.24, 2.45) is 23.7 Å². The number of allylic oxidation sites excluding steroid dienone is 5. The van der Waals surface area contributed by atoms with Crippen molar-refractivity contribution in [2.45, 2.75) is 85.5 Å². The molecule has 4 aliphatic rings. The third-order valence-electron chi connectivity index (χ3n) is 9.23. The van der Waals surface area contributed by atoms with Crippen LogP contribution in [0.2, 0.25) is 0 Å². The highest BCUT2D eigenvalue weighted by molar-refractivity contribution is 6.19. The molecule has 2 unspecified atom stereocenters. The summed E-state index contributed by atoms with van der Waals surface area (Å²) in [6.45, 7) is 8.53. The average molecular weight is 521 g/mol. The molecule has 0 N–H and O–H groups in total. The molecule has 0 aliphatic heterocycles. The molecule has 2 bridgehead atoms. The summed E-state index contributed by atoms with van der Waals surface area (Å²) in [6, 6.07) is 19.1. The molecular weight excluding hydrogens is 476 g/mol. The van der Waals surface area contributed by atoms with E-state index in [2.05, 4.69) is 68.5 Å². The van der Waals surface area contributed by atoms with Crippen LogP contribution in [0.3, 0.4) is 0 Å². The quantitative estimate of drug-likeness (QED) is 0.380. The summed E-state index contributed by atoms with van der Waals surface area (Å²) in [7, 11) is 0. The van der Waals surface area contributed by atoms with Crippen LogP contribution >= 0.6 is 0 Å². The molecule has 204 valence electrons. The van der Waals surface area contributed by atoms with Gasteiger partial charge >= 0.3 is 0 Å². The van der Waals surface area contributed by atoms with Gasteiger partial charge in [-0.3, -0.25) is 9.59 Å². The average Bonchev–Trinajstić information content (AvgIpc) is 3.07. The zero-order chi connectivity index (χ0) is 27.5. The van der Waals surface area contributed by atoms with E-state index in [9.17, 15) is 9.59 Å². The fourth-order valence-corrected chi connectivity index (χ4v) is 7.48. The van der Waals surface area contributed by atoms with E-state index >= 15 is 0 Å². The first-order valence-corrected chi connectivity index (χ1v) is 15.4. The van der Waals surface area contributed by atoms with Crippen LogP contribution in [0.25, 0.3) is 11.6 Å². The summed E-state index contributed by atoms with van der Waals surface area (Å²) in [6.07, 6.45) is 10.6. The Morgan fingerprint density at radius 1 is 0.872 bits per heavy atom. The van der Waals surface area contributed by atoms with Gasteiger partial charge in [0.1, 0.15) is 0 Å². The highest BCUT2D eigenvalue weighted by Gasteiger charge is 2.46. The molecule has 39 heavy (non-hydrogen) atoms. The molecule has 2 nitrogen and oxygen atoms in total. The molecule has 0 spiro atoms. The molecule has 2 fully saturated rings. The molecule has 2 aromatic carbocycles. The zero-order valence-electron chi connectivity index (χ0n) is 24.3. The van der Waals surface area contributed by atoms with Gasteiger partial charge in [0.05, 0.1) is 0 Å². The Balaban J connectivity index is 0.00000151. The predicted molar refractivity (Wildman–Crippen MR) is 162 cm³/mol. The smallest absolute Gasteiger partial charge is 0.164 e.